The molecule has 6 heteroatoms. The summed E-state index contributed by atoms with van der Waals surface area (Å²) in [6.45, 7) is 0.854. The van der Waals surface area contributed by atoms with Crippen molar-refractivity contribution < 1.29 is 14.6 Å². The van der Waals surface area contributed by atoms with Gasteiger partial charge in [-0.2, -0.15) is 23.5 Å². The summed E-state index contributed by atoms with van der Waals surface area (Å²) in [6, 6.07) is -0.715. The third kappa shape index (κ3) is 4.55. The van der Waals surface area contributed by atoms with E-state index in [-0.39, 0.29) is 5.60 Å². The highest BCUT2D eigenvalue weighted by molar-refractivity contribution is 8.00. The van der Waals surface area contributed by atoms with Crippen molar-refractivity contribution >= 4 is 29.5 Å². The molecule has 19 heavy (non-hydrogen) atoms. The molecule has 0 aromatic heterocycles. The fraction of sp³-hybridized carbons (Fsp3) is 0.923. The molecular weight excluding hydrogens is 282 g/mol. The van der Waals surface area contributed by atoms with Crippen molar-refractivity contribution in [1.82, 2.24) is 0 Å². The monoisotopic (exact) mass is 305 g/mol. The van der Waals surface area contributed by atoms with Crippen molar-refractivity contribution in [1.29, 1.82) is 0 Å². The predicted octanol–water partition coefficient (Wildman–Crippen LogP) is 1.97. The van der Waals surface area contributed by atoms with Crippen LogP contribution in [0.25, 0.3) is 0 Å². The van der Waals surface area contributed by atoms with E-state index in [0.29, 0.717) is 11.7 Å². The number of nitrogens with two attached hydrogens (primary N) is 1. The molecule has 3 N–H and O–H groups in total. The summed E-state index contributed by atoms with van der Waals surface area (Å²) in [6.07, 6.45) is 5.11. The molecule has 0 amide bonds. The lowest BCUT2D eigenvalue weighted by molar-refractivity contribution is -0.138. The van der Waals surface area contributed by atoms with Crippen molar-refractivity contribution in [3.05, 3.63) is 0 Å². The maximum Gasteiger partial charge on any atom is 0.320 e. The van der Waals surface area contributed by atoms with Gasteiger partial charge in [0.25, 0.3) is 0 Å². The molecule has 2 rings (SSSR count). The van der Waals surface area contributed by atoms with Gasteiger partial charge in [-0.3, -0.25) is 4.79 Å². The fourth-order valence-electron chi connectivity index (χ4n) is 2.70. The summed E-state index contributed by atoms with van der Waals surface area (Å²) in [5.74, 6) is 2.36. The van der Waals surface area contributed by atoms with E-state index in [1.54, 1.807) is 0 Å². The maximum atomic E-state index is 10.7. The molecule has 0 aromatic carbocycles. The van der Waals surface area contributed by atoms with Crippen molar-refractivity contribution in [3.8, 4) is 0 Å². The molecule has 110 valence electrons. The van der Waals surface area contributed by atoms with E-state index in [9.17, 15) is 4.79 Å². The average Bonchev–Trinajstić information content (AvgIpc) is 2.39. The lowest BCUT2D eigenvalue weighted by atomic mass is 9.88. The molecule has 0 aromatic rings. The Morgan fingerprint density at radius 1 is 1.53 bits per heavy atom. The Labute approximate surface area is 123 Å². The van der Waals surface area contributed by atoms with Crippen LogP contribution in [-0.2, 0) is 9.53 Å². The Morgan fingerprint density at radius 2 is 2.26 bits per heavy atom. The first kappa shape index (κ1) is 15.5. The van der Waals surface area contributed by atoms with Gasteiger partial charge in [0, 0.05) is 11.9 Å². The van der Waals surface area contributed by atoms with Crippen LogP contribution in [0.4, 0.5) is 0 Å². The van der Waals surface area contributed by atoms with Crippen LogP contribution in [0.1, 0.15) is 32.1 Å². The van der Waals surface area contributed by atoms with Crippen LogP contribution in [0.15, 0.2) is 0 Å². The van der Waals surface area contributed by atoms with E-state index in [1.807, 2.05) is 23.5 Å². The molecule has 0 radical (unpaired) electrons. The molecule has 2 fully saturated rings. The summed E-state index contributed by atoms with van der Waals surface area (Å²) in [7, 11) is 0. The van der Waals surface area contributed by atoms with Crippen LogP contribution in [-0.4, -0.2) is 51.8 Å². The van der Waals surface area contributed by atoms with Crippen LogP contribution >= 0.6 is 23.5 Å². The molecule has 2 aliphatic heterocycles. The number of hydrogen-bond acceptors (Lipinski definition) is 5. The van der Waals surface area contributed by atoms with Gasteiger partial charge in [-0.15, -0.1) is 0 Å². The van der Waals surface area contributed by atoms with E-state index >= 15 is 0 Å². The highest BCUT2D eigenvalue weighted by Gasteiger charge is 2.38. The largest absolute Gasteiger partial charge is 0.480 e. The third-order valence-corrected chi connectivity index (χ3v) is 6.28. The second-order valence-electron chi connectivity index (χ2n) is 5.36. The highest BCUT2D eigenvalue weighted by atomic mass is 32.2. The van der Waals surface area contributed by atoms with E-state index in [2.05, 4.69) is 0 Å². The molecule has 1 spiro atoms. The van der Waals surface area contributed by atoms with Crippen LogP contribution < -0.4 is 5.73 Å². The Bertz CT molecular complexity index is 303. The van der Waals surface area contributed by atoms with Gasteiger partial charge in [0.2, 0.25) is 0 Å². The van der Waals surface area contributed by atoms with Gasteiger partial charge in [0.1, 0.15) is 6.04 Å². The van der Waals surface area contributed by atoms with Gasteiger partial charge in [0.05, 0.1) is 5.60 Å². The minimum atomic E-state index is -0.895. The minimum Gasteiger partial charge on any atom is -0.480 e. The Kier molecular flexibility index (Phi) is 5.87. The lowest BCUT2D eigenvalue weighted by Gasteiger charge is -2.43. The molecule has 2 heterocycles. The molecule has 0 bridgehead atoms. The van der Waals surface area contributed by atoms with Crippen molar-refractivity contribution in [2.75, 3.05) is 23.9 Å². The number of carboxylic acids is 1. The van der Waals surface area contributed by atoms with Gasteiger partial charge in [-0.05, 0) is 49.4 Å². The number of carboxylic acid groups (broad SMARTS) is 1. The second-order valence-corrected chi connectivity index (χ2v) is 8.00. The molecule has 0 aliphatic carbocycles. The summed E-state index contributed by atoms with van der Waals surface area (Å²) in [5, 5.41) is 9.37. The molecule has 2 unspecified atom stereocenters. The molecular formula is C13H23NO3S2. The molecule has 4 nitrogen and oxygen atoms in total. The lowest BCUT2D eigenvalue weighted by Crippen LogP contribution is -2.43. The summed E-state index contributed by atoms with van der Waals surface area (Å²) < 4.78 is 6.06. The number of rotatable bonds is 5. The van der Waals surface area contributed by atoms with Gasteiger partial charge >= 0.3 is 5.97 Å². The smallest absolute Gasteiger partial charge is 0.320 e. The van der Waals surface area contributed by atoms with Crippen molar-refractivity contribution in [3.63, 3.8) is 0 Å². The quantitative estimate of drug-likeness (QED) is 0.809. The topological polar surface area (TPSA) is 72.5 Å². The van der Waals surface area contributed by atoms with E-state index in [4.69, 9.17) is 15.6 Å². The number of ether oxygens (including phenoxy) is 1. The maximum absolute atomic E-state index is 10.7. The minimum absolute atomic E-state index is 0.121. The number of thioether (sulfide) groups is 2. The first-order valence-corrected chi connectivity index (χ1v) is 9.13. The van der Waals surface area contributed by atoms with Crippen LogP contribution in [0, 0.1) is 0 Å². The van der Waals surface area contributed by atoms with Crippen molar-refractivity contribution in [2.45, 2.75) is 49.0 Å². The van der Waals surface area contributed by atoms with E-state index in [1.165, 1.54) is 24.3 Å². The third-order valence-electron chi connectivity index (χ3n) is 3.95. The standard InChI is InChI=1S/C13H23NO3S2/c14-11(12(15)16)2-6-19-10-1-5-17-13(9-10)3-7-18-8-4-13/h10-11H,1-9,14H2,(H,15,16). The van der Waals surface area contributed by atoms with E-state index < -0.39 is 12.0 Å². The number of aliphatic carboxylic acids is 1. The normalized spacial score (nSPS) is 28.2. The van der Waals surface area contributed by atoms with Gasteiger partial charge < -0.3 is 15.6 Å². The zero-order valence-corrected chi connectivity index (χ0v) is 12.8. The first-order chi connectivity index (χ1) is 9.11. The Balaban J connectivity index is 1.73. The summed E-state index contributed by atoms with van der Waals surface area (Å²) >= 11 is 3.90. The number of hydrogen-bond donors (Lipinski definition) is 2. The Hall–Kier alpha value is 0.0900. The number of carbonyl (C=O) groups is 1. The average molecular weight is 305 g/mol. The van der Waals surface area contributed by atoms with Crippen LogP contribution in [0.2, 0.25) is 0 Å². The zero-order chi connectivity index (χ0) is 13.7. The fourth-order valence-corrected chi connectivity index (χ4v) is 5.35. The second kappa shape index (κ2) is 7.20. The molecule has 2 saturated heterocycles. The van der Waals surface area contributed by atoms with Crippen molar-refractivity contribution in [2.24, 2.45) is 5.73 Å². The molecule has 2 atom stereocenters. The zero-order valence-electron chi connectivity index (χ0n) is 11.2. The van der Waals surface area contributed by atoms with E-state index in [0.717, 1.165) is 25.2 Å². The van der Waals surface area contributed by atoms with Crippen LogP contribution in [0.3, 0.4) is 0 Å². The van der Waals surface area contributed by atoms with Crippen LogP contribution in [0.5, 0.6) is 0 Å². The van der Waals surface area contributed by atoms with Gasteiger partial charge in [-0.1, -0.05) is 0 Å². The first-order valence-electron chi connectivity index (χ1n) is 6.93. The van der Waals surface area contributed by atoms with Gasteiger partial charge in [-0.25, -0.2) is 0 Å². The van der Waals surface area contributed by atoms with Gasteiger partial charge in [0.15, 0.2) is 0 Å². The summed E-state index contributed by atoms with van der Waals surface area (Å²) in [4.78, 5) is 10.7. The SMILES string of the molecule is NC(CCSC1CCOC2(CCSCC2)C1)C(=O)O. The molecule has 0 saturated carbocycles. The Morgan fingerprint density at radius 3 is 2.95 bits per heavy atom. The predicted molar refractivity (Wildman–Crippen MR) is 81.0 cm³/mol. The highest BCUT2D eigenvalue weighted by Crippen LogP contribution is 2.40. The molecule has 2 aliphatic rings. The summed E-state index contributed by atoms with van der Waals surface area (Å²) in [5.41, 5.74) is 5.65.